The normalized spacial score (nSPS) is 11.7. The number of halogens is 2. The molecule has 0 saturated heterocycles. The van der Waals surface area contributed by atoms with Gasteiger partial charge in [-0.2, -0.15) is 0 Å². The Hall–Kier alpha value is -4.65. The molecule has 4 aromatic rings. The van der Waals surface area contributed by atoms with Crippen molar-refractivity contribution in [1.82, 2.24) is 15.6 Å². The number of amides is 3. The van der Waals surface area contributed by atoms with Crippen molar-refractivity contribution in [2.45, 2.75) is 23.9 Å². The lowest BCUT2D eigenvalue weighted by Gasteiger charge is -2.19. The van der Waals surface area contributed by atoms with E-state index in [0.29, 0.717) is 5.56 Å². The molecule has 0 aliphatic rings. The number of carboxylic acid groups (broad SMARTS) is 1. The van der Waals surface area contributed by atoms with Gasteiger partial charge in [-0.15, -0.1) is 0 Å². The molecule has 0 aliphatic carbocycles. The van der Waals surface area contributed by atoms with Crippen LogP contribution in [0, 0.1) is 0 Å². The number of urea groups is 1. The van der Waals surface area contributed by atoms with Crippen LogP contribution in [0.5, 0.6) is 0 Å². The molecule has 5 N–H and O–H groups in total. The van der Waals surface area contributed by atoms with Crippen molar-refractivity contribution in [2.75, 3.05) is 10.0 Å². The summed E-state index contributed by atoms with van der Waals surface area (Å²) in [4.78, 5) is 40.5. The molecule has 0 bridgehead atoms. The fourth-order valence-electron chi connectivity index (χ4n) is 3.94. The molecule has 0 saturated carbocycles. The first-order valence-corrected chi connectivity index (χ1v) is 14.9. The summed E-state index contributed by atoms with van der Waals surface area (Å²) < 4.78 is 28.9. The molecular weight excluding hydrogens is 617 g/mol. The van der Waals surface area contributed by atoms with E-state index >= 15 is 0 Å². The number of anilines is 2. The van der Waals surface area contributed by atoms with Gasteiger partial charge in [-0.05, 0) is 71.8 Å². The Morgan fingerprint density at radius 3 is 2.30 bits per heavy atom. The van der Waals surface area contributed by atoms with Gasteiger partial charge in [0.1, 0.15) is 0 Å². The third-order valence-electron chi connectivity index (χ3n) is 6.01. The van der Waals surface area contributed by atoms with E-state index < -0.39 is 40.4 Å². The van der Waals surface area contributed by atoms with Gasteiger partial charge in [0.05, 0.1) is 27.4 Å². The van der Waals surface area contributed by atoms with E-state index in [-0.39, 0.29) is 38.4 Å². The van der Waals surface area contributed by atoms with E-state index in [4.69, 9.17) is 23.2 Å². The van der Waals surface area contributed by atoms with Crippen molar-refractivity contribution in [3.8, 4) is 0 Å². The predicted octanol–water partition coefficient (Wildman–Crippen LogP) is 5.46. The summed E-state index contributed by atoms with van der Waals surface area (Å²) in [5.74, 6) is -1.77. The number of pyridine rings is 1. The number of sulfonamides is 1. The van der Waals surface area contributed by atoms with Crippen LogP contribution in [0.25, 0.3) is 0 Å². The van der Waals surface area contributed by atoms with Gasteiger partial charge in [0.2, 0.25) is 0 Å². The lowest BCUT2D eigenvalue weighted by Crippen LogP contribution is -2.30. The highest BCUT2D eigenvalue weighted by Gasteiger charge is 2.21. The zero-order chi connectivity index (χ0) is 31.0. The van der Waals surface area contributed by atoms with Gasteiger partial charge in [-0.25, -0.2) is 13.2 Å². The summed E-state index contributed by atoms with van der Waals surface area (Å²) in [6.45, 7) is 0.251. The Morgan fingerprint density at radius 1 is 0.860 bits per heavy atom. The first kappa shape index (κ1) is 31.3. The van der Waals surface area contributed by atoms with Crippen LogP contribution in [-0.2, 0) is 21.4 Å². The topological polar surface area (TPSA) is 167 Å². The highest BCUT2D eigenvalue weighted by atomic mass is 35.5. The molecule has 14 heteroatoms. The molecule has 4 rings (SSSR count). The smallest absolute Gasteiger partial charge is 0.319 e. The van der Waals surface area contributed by atoms with Gasteiger partial charge < -0.3 is 21.1 Å². The van der Waals surface area contributed by atoms with Crippen LogP contribution in [0.3, 0.4) is 0 Å². The largest absolute Gasteiger partial charge is 0.481 e. The Balaban J connectivity index is 1.47. The molecule has 11 nitrogen and oxygen atoms in total. The number of carboxylic acids is 1. The van der Waals surface area contributed by atoms with Gasteiger partial charge in [-0.1, -0.05) is 41.4 Å². The molecular formula is C29H25Cl2N5O6S. The summed E-state index contributed by atoms with van der Waals surface area (Å²) >= 11 is 11.9. The van der Waals surface area contributed by atoms with Crippen molar-refractivity contribution in [1.29, 1.82) is 0 Å². The van der Waals surface area contributed by atoms with E-state index in [1.54, 1.807) is 36.7 Å². The molecule has 0 aliphatic heterocycles. The number of carbonyl (C=O) groups is 3. The van der Waals surface area contributed by atoms with Crippen molar-refractivity contribution in [2.24, 2.45) is 0 Å². The maximum absolute atomic E-state index is 13.2. The second kappa shape index (κ2) is 14.0. The molecule has 0 fully saturated rings. The monoisotopic (exact) mass is 641 g/mol. The quantitative estimate of drug-likeness (QED) is 0.145. The summed E-state index contributed by atoms with van der Waals surface area (Å²) in [6, 6.07) is 17.9. The van der Waals surface area contributed by atoms with Crippen LogP contribution in [0.1, 0.15) is 33.9 Å². The van der Waals surface area contributed by atoms with Crippen LogP contribution in [0.15, 0.2) is 96.2 Å². The fraction of sp³-hybridized carbons (Fsp3) is 0.103. The standard InChI is InChI=1S/C29H25Cl2N5O6S/c30-24-8-7-20(14-25(24)31)28(39)35-26(16-27(37)38)19-3-1-5-22(13-19)36-43(41,42)23-6-2-4-21(15-23)34-29(40)33-17-18-9-11-32-12-10-18/h1-15,26,36H,16-17H2,(H,35,39)(H,37,38)(H2,33,34,40)/t26-/m0/s1. The average molecular weight is 643 g/mol. The molecule has 3 aromatic carbocycles. The number of hydrogen-bond donors (Lipinski definition) is 5. The van der Waals surface area contributed by atoms with E-state index in [1.165, 1.54) is 54.6 Å². The van der Waals surface area contributed by atoms with Crippen LogP contribution in [-0.4, -0.2) is 36.4 Å². The lowest BCUT2D eigenvalue weighted by molar-refractivity contribution is -0.137. The lowest BCUT2D eigenvalue weighted by atomic mass is 10.0. The minimum absolute atomic E-state index is 0.125. The minimum Gasteiger partial charge on any atom is -0.481 e. The molecule has 3 amide bonds. The highest BCUT2D eigenvalue weighted by Crippen LogP contribution is 2.26. The summed E-state index contributed by atoms with van der Waals surface area (Å²) in [6.07, 6.45) is 2.73. The molecule has 1 atom stereocenters. The molecule has 1 aromatic heterocycles. The second-order valence-electron chi connectivity index (χ2n) is 9.17. The van der Waals surface area contributed by atoms with Crippen molar-refractivity contribution >= 4 is 62.5 Å². The van der Waals surface area contributed by atoms with Crippen LogP contribution < -0.4 is 20.7 Å². The zero-order valence-corrected chi connectivity index (χ0v) is 24.6. The first-order chi connectivity index (χ1) is 20.5. The number of nitrogens with one attached hydrogen (secondary N) is 4. The minimum atomic E-state index is -4.13. The second-order valence-corrected chi connectivity index (χ2v) is 11.7. The average Bonchev–Trinajstić information content (AvgIpc) is 2.97. The number of nitrogens with zero attached hydrogens (tertiary/aromatic N) is 1. The van der Waals surface area contributed by atoms with Crippen LogP contribution in [0.4, 0.5) is 16.2 Å². The Morgan fingerprint density at radius 2 is 1.58 bits per heavy atom. The van der Waals surface area contributed by atoms with Crippen molar-refractivity contribution < 1.29 is 27.9 Å². The fourth-order valence-corrected chi connectivity index (χ4v) is 5.33. The van der Waals surface area contributed by atoms with Crippen LogP contribution >= 0.6 is 23.2 Å². The summed E-state index contributed by atoms with van der Waals surface area (Å²) in [7, 11) is -4.13. The van der Waals surface area contributed by atoms with E-state index in [9.17, 15) is 27.9 Å². The van der Waals surface area contributed by atoms with E-state index in [1.807, 2.05) is 0 Å². The van der Waals surface area contributed by atoms with Gasteiger partial charge in [-0.3, -0.25) is 19.3 Å². The Labute approximate surface area is 257 Å². The maximum Gasteiger partial charge on any atom is 0.319 e. The third-order valence-corrected chi connectivity index (χ3v) is 8.13. The maximum atomic E-state index is 13.2. The Bertz CT molecular complexity index is 1760. The van der Waals surface area contributed by atoms with Gasteiger partial charge in [0.15, 0.2) is 0 Å². The van der Waals surface area contributed by atoms with Crippen molar-refractivity contribution in [3.63, 3.8) is 0 Å². The van der Waals surface area contributed by atoms with Gasteiger partial charge >= 0.3 is 12.0 Å². The summed E-state index contributed by atoms with van der Waals surface area (Å²) in [5, 5.41) is 17.8. The predicted molar refractivity (Wildman–Crippen MR) is 163 cm³/mol. The number of aliphatic carboxylic acids is 1. The van der Waals surface area contributed by atoms with E-state index in [0.717, 1.165) is 5.56 Å². The Kier molecular flexibility index (Phi) is 10.2. The van der Waals surface area contributed by atoms with Gasteiger partial charge in [0, 0.05) is 35.9 Å². The van der Waals surface area contributed by atoms with E-state index in [2.05, 4.69) is 25.7 Å². The molecule has 0 spiro atoms. The molecule has 0 unspecified atom stereocenters. The number of rotatable bonds is 11. The zero-order valence-electron chi connectivity index (χ0n) is 22.3. The third kappa shape index (κ3) is 8.92. The number of benzene rings is 3. The molecule has 222 valence electrons. The molecule has 43 heavy (non-hydrogen) atoms. The molecule has 1 heterocycles. The van der Waals surface area contributed by atoms with Crippen molar-refractivity contribution in [3.05, 3.63) is 118 Å². The number of carbonyl (C=O) groups excluding carboxylic acids is 2. The van der Waals surface area contributed by atoms with Gasteiger partial charge in [0.25, 0.3) is 15.9 Å². The van der Waals surface area contributed by atoms with Crippen LogP contribution in [0.2, 0.25) is 10.0 Å². The molecule has 0 radical (unpaired) electrons. The highest BCUT2D eigenvalue weighted by molar-refractivity contribution is 7.92. The summed E-state index contributed by atoms with van der Waals surface area (Å²) in [5.41, 5.74) is 1.73. The number of aromatic nitrogens is 1. The first-order valence-electron chi connectivity index (χ1n) is 12.6. The number of hydrogen-bond acceptors (Lipinski definition) is 6. The SMILES string of the molecule is O=C(O)C[C@H](NC(=O)c1ccc(Cl)c(Cl)c1)c1cccc(NS(=O)(=O)c2cccc(NC(=O)NCc3ccncc3)c2)c1.